The fraction of sp³-hybridized carbons (Fsp3) is 0.200. The molecule has 25 heavy (non-hydrogen) atoms. The van der Waals surface area contributed by atoms with Gasteiger partial charge in [-0.15, -0.1) is 0 Å². The quantitative estimate of drug-likeness (QED) is 0.690. The van der Waals surface area contributed by atoms with Crippen LogP contribution in [-0.4, -0.2) is 30.9 Å². The van der Waals surface area contributed by atoms with Crippen molar-refractivity contribution in [2.45, 2.75) is 13.5 Å². The van der Waals surface area contributed by atoms with Crippen molar-refractivity contribution in [3.63, 3.8) is 0 Å². The zero-order valence-corrected chi connectivity index (χ0v) is 14.6. The molecule has 5 nitrogen and oxygen atoms in total. The monoisotopic (exact) mass is 335 g/mol. The summed E-state index contributed by atoms with van der Waals surface area (Å²) in [5.41, 5.74) is 4.31. The van der Waals surface area contributed by atoms with Crippen molar-refractivity contribution in [2.75, 3.05) is 19.0 Å². The molecule has 3 rings (SSSR count). The number of amides is 3. The summed E-state index contributed by atoms with van der Waals surface area (Å²) in [7, 11) is 3.94. The maximum atomic E-state index is 12.5. The highest BCUT2D eigenvalue weighted by atomic mass is 16.2. The number of anilines is 1. The van der Waals surface area contributed by atoms with Crippen LogP contribution in [0.15, 0.2) is 54.2 Å². The van der Waals surface area contributed by atoms with Crippen LogP contribution in [0.25, 0.3) is 6.08 Å². The van der Waals surface area contributed by atoms with Gasteiger partial charge in [-0.25, -0.2) is 4.79 Å². The molecular weight excluding hydrogens is 314 g/mol. The largest absolute Gasteiger partial charge is 0.378 e. The van der Waals surface area contributed by atoms with Crippen LogP contribution in [0.5, 0.6) is 0 Å². The molecule has 1 saturated heterocycles. The zero-order valence-electron chi connectivity index (χ0n) is 14.6. The molecule has 0 radical (unpaired) electrons. The highest BCUT2D eigenvalue weighted by Gasteiger charge is 2.33. The molecule has 1 aliphatic heterocycles. The molecule has 0 atom stereocenters. The number of nitrogens with one attached hydrogen (secondary N) is 1. The lowest BCUT2D eigenvalue weighted by Gasteiger charge is -2.12. The van der Waals surface area contributed by atoms with Gasteiger partial charge in [0.2, 0.25) is 0 Å². The van der Waals surface area contributed by atoms with E-state index in [0.717, 1.165) is 22.4 Å². The zero-order chi connectivity index (χ0) is 18.0. The molecule has 1 N–H and O–H groups in total. The summed E-state index contributed by atoms with van der Waals surface area (Å²) >= 11 is 0. The van der Waals surface area contributed by atoms with Gasteiger partial charge >= 0.3 is 6.03 Å². The Labute approximate surface area is 147 Å². The Morgan fingerprint density at radius 3 is 2.24 bits per heavy atom. The number of hydrogen-bond donors (Lipinski definition) is 1. The van der Waals surface area contributed by atoms with E-state index in [4.69, 9.17) is 0 Å². The number of urea groups is 1. The number of aryl methyl sites for hydroxylation is 1. The molecule has 0 bridgehead atoms. The highest BCUT2D eigenvalue weighted by molar-refractivity contribution is 6.13. The molecule has 0 saturated carbocycles. The number of carbonyl (C=O) groups excluding carboxylic acids is 2. The van der Waals surface area contributed by atoms with Crippen LogP contribution in [0.3, 0.4) is 0 Å². The van der Waals surface area contributed by atoms with Crippen LogP contribution in [-0.2, 0) is 11.3 Å². The van der Waals surface area contributed by atoms with Gasteiger partial charge in [-0.05, 0) is 36.3 Å². The van der Waals surface area contributed by atoms with Gasteiger partial charge in [0, 0.05) is 19.8 Å². The minimum Gasteiger partial charge on any atom is -0.378 e. The van der Waals surface area contributed by atoms with Crippen LogP contribution in [0.1, 0.15) is 16.7 Å². The molecule has 1 heterocycles. The third-order valence-electron chi connectivity index (χ3n) is 4.14. The lowest BCUT2D eigenvalue weighted by molar-refractivity contribution is -0.123. The first-order chi connectivity index (χ1) is 11.9. The van der Waals surface area contributed by atoms with Crippen LogP contribution >= 0.6 is 0 Å². The molecule has 1 fully saturated rings. The maximum absolute atomic E-state index is 12.5. The summed E-state index contributed by atoms with van der Waals surface area (Å²) in [5.74, 6) is -0.303. The van der Waals surface area contributed by atoms with Gasteiger partial charge in [0.05, 0.1) is 6.54 Å². The Kier molecular flexibility index (Phi) is 4.57. The van der Waals surface area contributed by atoms with Crippen LogP contribution < -0.4 is 10.2 Å². The molecule has 0 spiro atoms. The molecule has 3 amide bonds. The second kappa shape index (κ2) is 6.81. The Balaban J connectivity index is 1.77. The van der Waals surface area contributed by atoms with E-state index in [0.29, 0.717) is 5.70 Å². The van der Waals surface area contributed by atoms with Crippen molar-refractivity contribution in [3.05, 3.63) is 70.9 Å². The van der Waals surface area contributed by atoms with E-state index in [1.54, 1.807) is 6.08 Å². The lowest BCUT2D eigenvalue weighted by atomic mass is 10.1. The lowest BCUT2D eigenvalue weighted by Crippen LogP contribution is -2.30. The van der Waals surface area contributed by atoms with Crippen molar-refractivity contribution in [1.29, 1.82) is 0 Å². The van der Waals surface area contributed by atoms with E-state index >= 15 is 0 Å². The van der Waals surface area contributed by atoms with Crippen molar-refractivity contribution < 1.29 is 9.59 Å². The number of imide groups is 1. The summed E-state index contributed by atoms with van der Waals surface area (Å²) in [5, 5.41) is 2.66. The van der Waals surface area contributed by atoms with Gasteiger partial charge < -0.3 is 10.2 Å². The van der Waals surface area contributed by atoms with Gasteiger partial charge in [-0.1, -0.05) is 42.0 Å². The molecule has 2 aromatic rings. The van der Waals surface area contributed by atoms with Crippen LogP contribution in [0.2, 0.25) is 0 Å². The van der Waals surface area contributed by atoms with E-state index in [1.165, 1.54) is 4.90 Å². The summed E-state index contributed by atoms with van der Waals surface area (Å²) in [6, 6.07) is 15.2. The Morgan fingerprint density at radius 1 is 1.00 bits per heavy atom. The third kappa shape index (κ3) is 3.71. The molecular formula is C20H21N3O2. The van der Waals surface area contributed by atoms with Gasteiger partial charge in [-0.3, -0.25) is 9.69 Å². The molecule has 0 aromatic heterocycles. The maximum Gasteiger partial charge on any atom is 0.329 e. The molecule has 5 heteroatoms. The first-order valence-electron chi connectivity index (χ1n) is 8.11. The molecule has 1 aliphatic rings. The third-order valence-corrected chi connectivity index (χ3v) is 4.14. The minimum atomic E-state index is -0.387. The van der Waals surface area contributed by atoms with Crippen LogP contribution in [0, 0.1) is 6.92 Å². The predicted octanol–water partition coefficient (Wildman–Crippen LogP) is 3.15. The van der Waals surface area contributed by atoms with E-state index < -0.39 is 0 Å². The molecule has 128 valence electrons. The van der Waals surface area contributed by atoms with E-state index in [1.807, 2.05) is 74.4 Å². The summed E-state index contributed by atoms with van der Waals surface area (Å²) in [6.45, 7) is 2.27. The number of hydrogen-bond acceptors (Lipinski definition) is 3. The van der Waals surface area contributed by atoms with Gasteiger partial charge in [0.15, 0.2) is 0 Å². The smallest absolute Gasteiger partial charge is 0.329 e. The molecule has 0 aliphatic carbocycles. The Bertz CT molecular complexity index is 821. The highest BCUT2D eigenvalue weighted by Crippen LogP contribution is 2.19. The standard InChI is InChI=1S/C20H21N3O2/c1-14-4-6-16(7-5-14)13-23-19(24)18(21-20(23)25)12-15-8-10-17(11-9-15)22(2)3/h4-12H,13H2,1-3H3,(H,21,25)/b18-12+. The van der Waals surface area contributed by atoms with E-state index in [9.17, 15) is 9.59 Å². The van der Waals surface area contributed by atoms with Gasteiger partial charge in [0.1, 0.15) is 5.70 Å². The number of benzene rings is 2. The van der Waals surface area contributed by atoms with Crippen molar-refractivity contribution in [1.82, 2.24) is 10.2 Å². The van der Waals surface area contributed by atoms with Gasteiger partial charge in [0.25, 0.3) is 5.91 Å². The first-order valence-corrected chi connectivity index (χ1v) is 8.11. The second-order valence-corrected chi connectivity index (χ2v) is 6.35. The first kappa shape index (κ1) is 16.8. The SMILES string of the molecule is Cc1ccc(CN2C(=O)N/C(=C/c3ccc(N(C)C)cc3)C2=O)cc1. The average molecular weight is 335 g/mol. The Hall–Kier alpha value is -3.08. The summed E-state index contributed by atoms with van der Waals surface area (Å²) < 4.78 is 0. The Morgan fingerprint density at radius 2 is 1.64 bits per heavy atom. The molecule has 2 aromatic carbocycles. The van der Waals surface area contributed by atoms with Crippen LogP contribution in [0.4, 0.5) is 10.5 Å². The summed E-state index contributed by atoms with van der Waals surface area (Å²) in [4.78, 5) is 27.9. The fourth-order valence-electron chi connectivity index (χ4n) is 2.63. The van der Waals surface area contributed by atoms with Gasteiger partial charge in [-0.2, -0.15) is 0 Å². The van der Waals surface area contributed by atoms with Crippen molar-refractivity contribution >= 4 is 23.7 Å². The van der Waals surface area contributed by atoms with E-state index in [-0.39, 0.29) is 18.5 Å². The minimum absolute atomic E-state index is 0.266. The van der Waals surface area contributed by atoms with Crippen molar-refractivity contribution in [2.24, 2.45) is 0 Å². The fourth-order valence-corrected chi connectivity index (χ4v) is 2.63. The van der Waals surface area contributed by atoms with Crippen molar-refractivity contribution in [3.8, 4) is 0 Å². The molecule has 0 unspecified atom stereocenters. The second-order valence-electron chi connectivity index (χ2n) is 6.35. The van der Waals surface area contributed by atoms with E-state index in [2.05, 4.69) is 5.32 Å². The number of nitrogens with zero attached hydrogens (tertiary/aromatic N) is 2. The number of carbonyl (C=O) groups is 2. The normalized spacial score (nSPS) is 15.6. The number of rotatable bonds is 4. The predicted molar refractivity (Wildman–Crippen MR) is 99.0 cm³/mol. The topological polar surface area (TPSA) is 52.7 Å². The summed E-state index contributed by atoms with van der Waals surface area (Å²) in [6.07, 6.45) is 1.70. The average Bonchev–Trinajstić information content (AvgIpc) is 2.85.